The Balaban J connectivity index is 5.42. The summed E-state index contributed by atoms with van der Waals surface area (Å²) in [7, 11) is 0. The molecule has 0 fully saturated rings. The van der Waals surface area contributed by atoms with Gasteiger partial charge in [-0.25, -0.2) is 4.79 Å². The average molecular weight is 475 g/mol. The molecule has 5 atom stereocenters. The summed E-state index contributed by atoms with van der Waals surface area (Å²) in [6, 6.07) is -5.71. The van der Waals surface area contributed by atoms with Crippen LogP contribution in [-0.2, 0) is 28.8 Å². The predicted octanol–water partition coefficient (Wildman–Crippen LogP) is -2.98. The zero-order valence-corrected chi connectivity index (χ0v) is 18.7. The minimum atomic E-state index is -1.72. The fraction of sp³-hybridized carbons (Fsp3) is 0.684. The minimum Gasteiger partial charge on any atom is -0.481 e. The highest BCUT2D eigenvalue weighted by Gasteiger charge is 2.33. The molecule has 0 aromatic carbocycles. The van der Waals surface area contributed by atoms with Gasteiger partial charge in [0.25, 0.3) is 0 Å². The van der Waals surface area contributed by atoms with E-state index in [1.807, 2.05) is 0 Å². The summed E-state index contributed by atoms with van der Waals surface area (Å²) in [4.78, 5) is 70.4. The summed E-state index contributed by atoms with van der Waals surface area (Å²) in [5.41, 5.74) is 10.7. The molecule has 0 aromatic rings. The molecular formula is C19H33N5O9. The van der Waals surface area contributed by atoms with Crippen molar-refractivity contribution in [3.63, 3.8) is 0 Å². The van der Waals surface area contributed by atoms with Gasteiger partial charge in [0.2, 0.25) is 23.6 Å². The van der Waals surface area contributed by atoms with E-state index >= 15 is 0 Å². The monoisotopic (exact) mass is 475 g/mol. The van der Waals surface area contributed by atoms with E-state index in [0.29, 0.717) is 0 Å². The van der Waals surface area contributed by atoms with Gasteiger partial charge in [-0.15, -0.1) is 0 Å². The van der Waals surface area contributed by atoms with Gasteiger partial charge in [-0.3, -0.25) is 24.0 Å². The van der Waals surface area contributed by atoms with Crippen LogP contribution in [0.3, 0.4) is 0 Å². The van der Waals surface area contributed by atoms with Gasteiger partial charge < -0.3 is 42.7 Å². The van der Waals surface area contributed by atoms with E-state index in [-0.39, 0.29) is 25.2 Å². The predicted molar refractivity (Wildman–Crippen MR) is 113 cm³/mol. The van der Waals surface area contributed by atoms with Crippen molar-refractivity contribution in [1.82, 2.24) is 16.0 Å². The Labute approximate surface area is 190 Å². The summed E-state index contributed by atoms with van der Waals surface area (Å²) >= 11 is 0. The van der Waals surface area contributed by atoms with Crippen LogP contribution in [0.15, 0.2) is 0 Å². The van der Waals surface area contributed by atoms with Crippen molar-refractivity contribution in [3.05, 3.63) is 0 Å². The number of rotatable bonds is 15. The quantitative estimate of drug-likeness (QED) is 0.119. The van der Waals surface area contributed by atoms with Crippen LogP contribution in [0, 0.1) is 5.92 Å². The summed E-state index contributed by atoms with van der Waals surface area (Å²) in [5, 5.41) is 34.5. The van der Waals surface area contributed by atoms with E-state index in [1.165, 1.54) is 6.92 Å². The Hall–Kier alpha value is -3.26. The van der Waals surface area contributed by atoms with Gasteiger partial charge >= 0.3 is 11.9 Å². The van der Waals surface area contributed by atoms with Gasteiger partial charge in [0.1, 0.15) is 18.1 Å². The van der Waals surface area contributed by atoms with Crippen LogP contribution in [0.2, 0.25) is 0 Å². The number of carbonyl (C=O) groups excluding carboxylic acids is 4. The molecule has 33 heavy (non-hydrogen) atoms. The molecule has 0 aliphatic carbocycles. The summed E-state index contributed by atoms with van der Waals surface area (Å²) in [6.07, 6.45) is -2.49. The lowest BCUT2D eigenvalue weighted by Gasteiger charge is -2.27. The Bertz CT molecular complexity index is 741. The number of nitrogens with one attached hydrogen (secondary N) is 3. The zero-order valence-electron chi connectivity index (χ0n) is 18.7. The number of carboxylic acids is 2. The minimum absolute atomic E-state index is 0.0512. The van der Waals surface area contributed by atoms with Gasteiger partial charge in [-0.1, -0.05) is 13.8 Å². The SMILES string of the molecule is CC(C)CC(NC(=O)C(NC(=O)C(N)CCC(N)=O)C(C)O)C(=O)NC(CC(=O)O)C(=O)O. The van der Waals surface area contributed by atoms with Gasteiger partial charge in [-0.2, -0.15) is 0 Å². The molecule has 14 nitrogen and oxygen atoms in total. The molecule has 0 bridgehead atoms. The van der Waals surface area contributed by atoms with Crippen molar-refractivity contribution < 1.29 is 44.1 Å². The first-order valence-electron chi connectivity index (χ1n) is 10.2. The number of aliphatic hydroxyl groups is 1. The van der Waals surface area contributed by atoms with Crippen LogP contribution in [0.25, 0.3) is 0 Å². The molecule has 10 N–H and O–H groups in total. The van der Waals surface area contributed by atoms with Crippen LogP contribution in [0.4, 0.5) is 0 Å². The van der Waals surface area contributed by atoms with Crippen molar-refractivity contribution in [2.24, 2.45) is 17.4 Å². The molecule has 0 saturated carbocycles. The van der Waals surface area contributed by atoms with Gasteiger partial charge in [0, 0.05) is 6.42 Å². The molecule has 0 aromatic heterocycles. The molecule has 0 radical (unpaired) electrons. The standard InChI is InChI=1S/C19H33N5O9/c1-8(2)6-11(17(30)23-12(19(32)33)7-14(27)28)22-18(31)15(9(3)25)24-16(29)10(20)4-5-13(21)26/h8-12,15,25H,4-7,20H2,1-3H3,(H2,21,26)(H,22,31)(H,23,30)(H,24,29)(H,27,28)(H,32,33). The second kappa shape index (κ2) is 14.0. The van der Waals surface area contributed by atoms with Gasteiger partial charge in [-0.05, 0) is 25.7 Å². The molecule has 0 aliphatic heterocycles. The first-order chi connectivity index (χ1) is 15.1. The smallest absolute Gasteiger partial charge is 0.326 e. The van der Waals surface area contributed by atoms with E-state index in [4.69, 9.17) is 21.7 Å². The fourth-order valence-corrected chi connectivity index (χ4v) is 2.71. The lowest BCUT2D eigenvalue weighted by molar-refractivity contribution is -0.147. The van der Waals surface area contributed by atoms with Crippen molar-refractivity contribution in [2.45, 2.75) is 76.7 Å². The van der Waals surface area contributed by atoms with Crippen molar-refractivity contribution in [3.8, 4) is 0 Å². The number of aliphatic carboxylic acids is 2. The molecule has 0 heterocycles. The molecule has 4 amide bonds. The number of primary amides is 1. The molecule has 0 saturated heterocycles. The highest BCUT2D eigenvalue weighted by molar-refractivity contribution is 5.95. The van der Waals surface area contributed by atoms with Crippen molar-refractivity contribution >= 4 is 35.6 Å². The Kier molecular flexibility index (Phi) is 12.6. The van der Waals surface area contributed by atoms with Crippen LogP contribution in [0.1, 0.15) is 46.5 Å². The molecule has 14 heteroatoms. The maximum Gasteiger partial charge on any atom is 0.326 e. The largest absolute Gasteiger partial charge is 0.481 e. The van der Waals surface area contributed by atoms with Gasteiger partial charge in [0.15, 0.2) is 0 Å². The molecular weight excluding hydrogens is 442 g/mol. The molecule has 5 unspecified atom stereocenters. The van der Waals surface area contributed by atoms with E-state index < -0.39 is 72.3 Å². The third kappa shape index (κ3) is 11.8. The number of nitrogens with two attached hydrogens (primary N) is 2. The van der Waals surface area contributed by atoms with Crippen LogP contribution < -0.4 is 27.4 Å². The number of hydrogen-bond acceptors (Lipinski definition) is 8. The number of aliphatic hydroxyl groups excluding tert-OH is 1. The lowest BCUT2D eigenvalue weighted by Crippen LogP contribution is -2.60. The Morgan fingerprint density at radius 1 is 0.848 bits per heavy atom. The fourth-order valence-electron chi connectivity index (χ4n) is 2.71. The molecule has 0 rings (SSSR count). The molecule has 0 spiro atoms. The third-order valence-corrected chi connectivity index (χ3v) is 4.43. The molecule has 188 valence electrons. The van der Waals surface area contributed by atoms with E-state index in [2.05, 4.69) is 16.0 Å². The van der Waals surface area contributed by atoms with Crippen LogP contribution >= 0.6 is 0 Å². The topological polar surface area (TPSA) is 251 Å². The lowest BCUT2D eigenvalue weighted by atomic mass is 10.0. The first-order valence-corrected chi connectivity index (χ1v) is 10.2. The summed E-state index contributed by atoms with van der Waals surface area (Å²) < 4.78 is 0. The summed E-state index contributed by atoms with van der Waals surface area (Å²) in [6.45, 7) is 4.67. The second-order valence-corrected chi connectivity index (χ2v) is 8.03. The second-order valence-electron chi connectivity index (χ2n) is 8.03. The number of carbonyl (C=O) groups is 6. The van der Waals surface area contributed by atoms with E-state index in [0.717, 1.165) is 0 Å². The first kappa shape index (κ1) is 29.7. The Morgan fingerprint density at radius 3 is 1.82 bits per heavy atom. The normalized spacial score (nSPS) is 15.5. The number of amides is 4. The van der Waals surface area contributed by atoms with Crippen LogP contribution in [-0.4, -0.2) is 81.2 Å². The van der Waals surface area contributed by atoms with E-state index in [9.17, 15) is 33.9 Å². The zero-order chi connectivity index (χ0) is 25.9. The number of hydrogen-bond donors (Lipinski definition) is 8. The Morgan fingerprint density at radius 2 is 1.39 bits per heavy atom. The third-order valence-electron chi connectivity index (χ3n) is 4.43. The number of carboxylic acid groups (broad SMARTS) is 2. The maximum absolute atomic E-state index is 12.7. The van der Waals surface area contributed by atoms with E-state index in [1.54, 1.807) is 13.8 Å². The van der Waals surface area contributed by atoms with Crippen LogP contribution in [0.5, 0.6) is 0 Å². The van der Waals surface area contributed by atoms with Crippen molar-refractivity contribution in [1.29, 1.82) is 0 Å². The summed E-state index contributed by atoms with van der Waals surface area (Å²) in [5.74, 6) is -6.57. The molecule has 0 aliphatic rings. The average Bonchev–Trinajstić information content (AvgIpc) is 2.67. The highest BCUT2D eigenvalue weighted by Crippen LogP contribution is 2.08. The highest BCUT2D eigenvalue weighted by atomic mass is 16.4. The van der Waals surface area contributed by atoms with Gasteiger partial charge in [0.05, 0.1) is 18.6 Å². The maximum atomic E-state index is 12.7. The van der Waals surface area contributed by atoms with Crippen molar-refractivity contribution in [2.75, 3.05) is 0 Å².